The van der Waals surface area contributed by atoms with Gasteiger partial charge in [0.25, 0.3) is 5.91 Å². The van der Waals surface area contributed by atoms with Crippen LogP contribution in [0.2, 0.25) is 10.0 Å². The van der Waals surface area contributed by atoms with Crippen LogP contribution in [0.15, 0.2) is 40.9 Å². The van der Waals surface area contributed by atoms with Crippen LogP contribution in [0.5, 0.6) is 0 Å². The van der Waals surface area contributed by atoms with E-state index in [-0.39, 0.29) is 40.2 Å². The molecule has 1 aliphatic carbocycles. The number of hydrogen-bond donors (Lipinski definition) is 3. The molecule has 0 spiro atoms. The average Bonchev–Trinajstić information content (AvgIpc) is 2.71. The number of carboxylic acid groups (broad SMARTS) is 1. The molecule has 1 aliphatic rings. The summed E-state index contributed by atoms with van der Waals surface area (Å²) in [7, 11) is 0. The van der Waals surface area contributed by atoms with Gasteiger partial charge in [0.1, 0.15) is 6.04 Å². The third kappa shape index (κ3) is 5.23. The molecule has 0 aliphatic heterocycles. The maximum Gasteiger partial charge on any atom is 0.326 e. The fraction of sp³-hybridized carbons (Fsp3) is 0.250. The lowest BCUT2D eigenvalue weighted by atomic mass is 9.74. The van der Waals surface area contributed by atoms with Crippen molar-refractivity contribution in [3.63, 3.8) is 0 Å². The second-order valence-corrected chi connectivity index (χ2v) is 8.96. The Labute approximate surface area is 208 Å². The van der Waals surface area contributed by atoms with E-state index in [0.717, 1.165) is 0 Å². The molecule has 0 fully saturated rings. The van der Waals surface area contributed by atoms with Gasteiger partial charge in [0.2, 0.25) is 0 Å². The minimum Gasteiger partial charge on any atom is -0.480 e. The summed E-state index contributed by atoms with van der Waals surface area (Å²) in [6.45, 7) is 3.44. The Bertz CT molecular complexity index is 1090. The Morgan fingerprint density at radius 3 is 2.31 bits per heavy atom. The van der Waals surface area contributed by atoms with E-state index in [2.05, 4.69) is 36.5 Å². The Morgan fingerprint density at radius 2 is 1.81 bits per heavy atom. The second-order valence-electron chi connectivity index (χ2n) is 7.35. The number of carboxylic acids is 1. The number of carbonyl (C=O) groups is 3. The molecule has 170 valence electrons. The molecule has 0 radical (unpaired) electrons. The van der Waals surface area contributed by atoms with Crippen molar-refractivity contribution in [3.8, 4) is 0 Å². The zero-order valence-corrected chi connectivity index (χ0v) is 20.7. The molecule has 2 aromatic rings. The van der Waals surface area contributed by atoms with Crippen LogP contribution in [-0.2, 0) is 16.0 Å². The first kappa shape index (κ1) is 26.1. The van der Waals surface area contributed by atoms with Gasteiger partial charge in [-0.05, 0) is 41.9 Å². The lowest BCUT2D eigenvalue weighted by molar-refractivity contribution is -0.139. The van der Waals surface area contributed by atoms with Gasteiger partial charge >= 0.3 is 5.97 Å². The van der Waals surface area contributed by atoms with Crippen molar-refractivity contribution in [2.24, 2.45) is 5.41 Å². The zero-order chi connectivity index (χ0) is 22.9. The number of rotatable bonds is 7. The van der Waals surface area contributed by atoms with Gasteiger partial charge in [0, 0.05) is 30.2 Å². The highest BCUT2D eigenvalue weighted by molar-refractivity contribution is 9.12. The highest BCUT2D eigenvalue weighted by Crippen LogP contribution is 2.43. The molecule has 3 rings (SSSR count). The Morgan fingerprint density at radius 1 is 1.19 bits per heavy atom. The van der Waals surface area contributed by atoms with E-state index >= 15 is 0 Å². The Hall–Kier alpha value is -2.20. The second kappa shape index (κ2) is 10.2. The third-order valence-electron chi connectivity index (χ3n) is 4.80. The Kier molecular flexibility index (Phi) is 8.27. The molecule has 2 heterocycles. The highest BCUT2D eigenvalue weighted by Gasteiger charge is 2.46. The first-order valence-electron chi connectivity index (χ1n) is 9.02. The number of carbonyl (C=O) groups excluding carboxylic acids is 2. The predicted molar refractivity (Wildman–Crippen MR) is 127 cm³/mol. The molecule has 0 saturated heterocycles. The summed E-state index contributed by atoms with van der Waals surface area (Å²) in [5, 5.41) is 15.4. The van der Waals surface area contributed by atoms with Crippen molar-refractivity contribution < 1.29 is 19.5 Å². The quantitative estimate of drug-likeness (QED) is 0.460. The van der Waals surface area contributed by atoms with Crippen molar-refractivity contribution in [2.45, 2.75) is 26.3 Å². The number of nitrogens with zero attached hydrogens (tertiary/aromatic N) is 2. The molecule has 0 aromatic carbocycles. The van der Waals surface area contributed by atoms with Crippen molar-refractivity contribution in [2.75, 3.05) is 5.32 Å². The van der Waals surface area contributed by atoms with Crippen LogP contribution in [0.4, 0.5) is 5.69 Å². The number of nitrogens with one attached hydrogen (secondary N) is 2. The van der Waals surface area contributed by atoms with Gasteiger partial charge in [-0.25, -0.2) is 4.79 Å². The van der Waals surface area contributed by atoms with Gasteiger partial charge in [-0.15, -0.1) is 12.4 Å². The molecular formula is C20H18BrCl3N4O4. The summed E-state index contributed by atoms with van der Waals surface area (Å²) in [5.74, 6) is -1.69. The smallest absolute Gasteiger partial charge is 0.326 e. The van der Waals surface area contributed by atoms with Gasteiger partial charge < -0.3 is 15.7 Å². The number of amides is 1. The van der Waals surface area contributed by atoms with Crippen LogP contribution in [0.25, 0.3) is 0 Å². The minimum absolute atomic E-state index is 0. The molecule has 2 aromatic heterocycles. The van der Waals surface area contributed by atoms with Gasteiger partial charge in [-0.3, -0.25) is 19.6 Å². The van der Waals surface area contributed by atoms with E-state index in [1.165, 1.54) is 18.6 Å². The van der Waals surface area contributed by atoms with Gasteiger partial charge in [-0.2, -0.15) is 0 Å². The van der Waals surface area contributed by atoms with E-state index in [1.54, 1.807) is 26.0 Å². The molecule has 0 unspecified atom stereocenters. The van der Waals surface area contributed by atoms with Gasteiger partial charge in [0.15, 0.2) is 5.78 Å². The standard InChI is InChI=1S/C20H17BrCl2N4O4.ClH/c1-20(2)16(15(21)17(20)28)27-13(19(30)31)5-9-3-4-10(6-25-9)26-18(29)14-11(22)7-24-8-12(14)23;/h3-4,6-8,13,27H,5H2,1-2H3,(H,26,29)(H,30,31);1H/t13-;/m0./s1. The fourth-order valence-corrected chi connectivity index (χ4v) is 4.62. The molecule has 1 atom stereocenters. The average molecular weight is 565 g/mol. The van der Waals surface area contributed by atoms with Crippen molar-refractivity contribution >= 4 is 74.9 Å². The largest absolute Gasteiger partial charge is 0.480 e. The van der Waals surface area contributed by atoms with E-state index in [1.807, 2.05) is 0 Å². The number of allylic oxidation sites excluding steroid dienone is 2. The fourth-order valence-electron chi connectivity index (χ4n) is 2.98. The number of hydrogen-bond acceptors (Lipinski definition) is 6. The zero-order valence-electron chi connectivity index (χ0n) is 16.8. The predicted octanol–water partition coefficient (Wildman–Crippen LogP) is 4.26. The maximum atomic E-state index is 12.4. The number of pyridine rings is 2. The van der Waals surface area contributed by atoms with Crippen LogP contribution >= 0.6 is 51.5 Å². The van der Waals surface area contributed by atoms with Crippen LogP contribution < -0.4 is 10.6 Å². The van der Waals surface area contributed by atoms with Gasteiger partial charge in [0.05, 0.1) is 37.4 Å². The minimum atomic E-state index is -1.08. The van der Waals surface area contributed by atoms with Crippen molar-refractivity contribution in [1.82, 2.24) is 15.3 Å². The van der Waals surface area contributed by atoms with E-state index < -0.39 is 23.3 Å². The van der Waals surface area contributed by atoms with Crippen molar-refractivity contribution in [3.05, 3.63) is 62.2 Å². The monoisotopic (exact) mass is 562 g/mol. The Balaban J connectivity index is 0.00000363. The topological polar surface area (TPSA) is 121 Å². The molecule has 3 N–H and O–H groups in total. The van der Waals surface area contributed by atoms with Crippen LogP contribution in [0.1, 0.15) is 29.9 Å². The summed E-state index contributed by atoms with van der Waals surface area (Å²) in [6, 6.07) is 2.20. The summed E-state index contributed by atoms with van der Waals surface area (Å²) < 4.78 is 0.350. The summed E-state index contributed by atoms with van der Waals surface area (Å²) >= 11 is 15.2. The summed E-state index contributed by atoms with van der Waals surface area (Å²) in [4.78, 5) is 44.1. The molecular weight excluding hydrogens is 547 g/mol. The summed E-state index contributed by atoms with van der Waals surface area (Å²) in [5.41, 5.74) is 0.726. The lowest BCUT2D eigenvalue weighted by Gasteiger charge is -2.38. The van der Waals surface area contributed by atoms with E-state index in [0.29, 0.717) is 21.6 Å². The first-order valence-corrected chi connectivity index (χ1v) is 10.6. The highest BCUT2D eigenvalue weighted by atomic mass is 79.9. The SMILES string of the molecule is CC1(C)C(=O)C(Br)=C1N[C@@H](Cc1ccc(NC(=O)c2c(Cl)cncc2Cl)cn1)C(=O)O.Cl. The number of Topliss-reactive ketones (excluding diaryl/α,β-unsaturated/α-hetero) is 1. The molecule has 32 heavy (non-hydrogen) atoms. The lowest BCUT2D eigenvalue weighted by Crippen LogP contribution is -2.50. The molecule has 0 bridgehead atoms. The number of aromatic nitrogens is 2. The maximum absolute atomic E-state index is 12.4. The van der Waals surface area contributed by atoms with E-state index in [9.17, 15) is 19.5 Å². The molecule has 0 saturated carbocycles. The normalized spacial score (nSPS) is 15.3. The number of anilines is 1. The third-order valence-corrected chi connectivity index (χ3v) is 6.13. The first-order chi connectivity index (χ1) is 14.5. The van der Waals surface area contributed by atoms with Crippen LogP contribution in [-0.4, -0.2) is 38.8 Å². The van der Waals surface area contributed by atoms with Crippen LogP contribution in [0.3, 0.4) is 0 Å². The van der Waals surface area contributed by atoms with E-state index in [4.69, 9.17) is 23.2 Å². The summed E-state index contributed by atoms with van der Waals surface area (Å²) in [6.07, 6.45) is 4.10. The molecule has 1 amide bonds. The molecule has 8 nitrogen and oxygen atoms in total. The number of ketones is 1. The number of halogens is 4. The molecule has 12 heteroatoms. The number of aliphatic carboxylic acids is 1. The van der Waals surface area contributed by atoms with Gasteiger partial charge in [-0.1, -0.05) is 23.2 Å². The van der Waals surface area contributed by atoms with Crippen LogP contribution in [0, 0.1) is 5.41 Å². The van der Waals surface area contributed by atoms with Crippen molar-refractivity contribution in [1.29, 1.82) is 0 Å².